The van der Waals surface area contributed by atoms with Crippen molar-refractivity contribution in [1.29, 1.82) is 0 Å². The molecule has 0 bridgehead atoms. The molecule has 0 saturated carbocycles. The summed E-state index contributed by atoms with van der Waals surface area (Å²) in [5, 5.41) is 13.6. The van der Waals surface area contributed by atoms with Crippen LogP contribution in [0.5, 0.6) is 0 Å². The maximum absolute atomic E-state index is 13.6. The van der Waals surface area contributed by atoms with E-state index in [1.807, 2.05) is 0 Å². The maximum atomic E-state index is 13.6. The molecule has 1 aromatic carbocycles. The van der Waals surface area contributed by atoms with Crippen LogP contribution in [0.2, 0.25) is 0 Å². The van der Waals surface area contributed by atoms with Crippen LogP contribution in [-0.4, -0.2) is 41.9 Å². The molecule has 1 heterocycles. The van der Waals surface area contributed by atoms with Crippen molar-refractivity contribution < 1.29 is 14.1 Å². The Labute approximate surface area is 103 Å². The van der Waals surface area contributed by atoms with Crippen molar-refractivity contribution in [1.82, 2.24) is 10.2 Å². The number of non-ortho nitro benzene ring substituents is 1. The Morgan fingerprint density at radius 3 is 2.61 bits per heavy atom. The second-order valence-corrected chi connectivity index (χ2v) is 3.96. The standard InChI is InChI=1S/C11H12FN3O3/c12-10-7-8(15(17)18)1-2-9(10)11(16)14-5-3-13-4-6-14/h1-2,7,13H,3-6H2. The molecule has 0 aliphatic carbocycles. The summed E-state index contributed by atoms with van der Waals surface area (Å²) in [6, 6.07) is 3.08. The van der Waals surface area contributed by atoms with E-state index in [4.69, 9.17) is 0 Å². The molecule has 1 aliphatic rings. The minimum atomic E-state index is -0.854. The molecule has 2 rings (SSSR count). The zero-order valence-corrected chi connectivity index (χ0v) is 9.56. The quantitative estimate of drug-likeness (QED) is 0.624. The fourth-order valence-corrected chi connectivity index (χ4v) is 1.83. The number of hydrogen-bond acceptors (Lipinski definition) is 4. The predicted molar refractivity (Wildman–Crippen MR) is 61.8 cm³/mol. The molecule has 1 aliphatic heterocycles. The number of amides is 1. The zero-order valence-electron chi connectivity index (χ0n) is 9.56. The van der Waals surface area contributed by atoms with Crippen LogP contribution in [0.15, 0.2) is 18.2 Å². The molecule has 7 heteroatoms. The van der Waals surface area contributed by atoms with E-state index in [9.17, 15) is 19.3 Å². The highest BCUT2D eigenvalue weighted by atomic mass is 19.1. The maximum Gasteiger partial charge on any atom is 0.272 e. The van der Waals surface area contributed by atoms with Crippen LogP contribution in [0.1, 0.15) is 10.4 Å². The molecule has 1 saturated heterocycles. The van der Waals surface area contributed by atoms with Crippen molar-refractivity contribution in [3.05, 3.63) is 39.7 Å². The lowest BCUT2D eigenvalue weighted by molar-refractivity contribution is -0.385. The summed E-state index contributed by atoms with van der Waals surface area (Å²) < 4.78 is 13.6. The topological polar surface area (TPSA) is 75.5 Å². The van der Waals surface area contributed by atoms with Gasteiger partial charge in [-0.2, -0.15) is 0 Å². The van der Waals surface area contributed by atoms with Crippen LogP contribution in [0.25, 0.3) is 0 Å². The van der Waals surface area contributed by atoms with Gasteiger partial charge in [0.1, 0.15) is 5.82 Å². The lowest BCUT2D eigenvalue weighted by Crippen LogP contribution is -2.46. The Balaban J connectivity index is 2.22. The van der Waals surface area contributed by atoms with Crippen molar-refractivity contribution in [2.45, 2.75) is 0 Å². The third-order valence-corrected chi connectivity index (χ3v) is 2.80. The van der Waals surface area contributed by atoms with E-state index in [-0.39, 0.29) is 11.3 Å². The molecule has 1 aromatic rings. The lowest BCUT2D eigenvalue weighted by atomic mass is 10.1. The van der Waals surface area contributed by atoms with Crippen LogP contribution >= 0.6 is 0 Å². The van der Waals surface area contributed by atoms with Gasteiger partial charge in [-0.25, -0.2) is 4.39 Å². The number of piperazine rings is 1. The van der Waals surface area contributed by atoms with Crippen molar-refractivity contribution >= 4 is 11.6 Å². The number of nitrogens with one attached hydrogen (secondary N) is 1. The molecule has 0 unspecified atom stereocenters. The fraction of sp³-hybridized carbons (Fsp3) is 0.364. The highest BCUT2D eigenvalue weighted by Crippen LogP contribution is 2.18. The second kappa shape index (κ2) is 5.09. The number of carbonyl (C=O) groups excluding carboxylic acids is 1. The van der Waals surface area contributed by atoms with E-state index in [2.05, 4.69) is 5.32 Å². The number of hydrogen-bond donors (Lipinski definition) is 1. The minimum absolute atomic E-state index is 0.123. The SMILES string of the molecule is O=C(c1ccc([N+](=O)[O-])cc1F)N1CCNCC1. The van der Waals surface area contributed by atoms with Gasteiger partial charge in [-0.3, -0.25) is 14.9 Å². The number of rotatable bonds is 2. The Kier molecular flexibility index (Phi) is 3.52. The molecule has 0 atom stereocenters. The average Bonchev–Trinajstić information content (AvgIpc) is 2.38. The van der Waals surface area contributed by atoms with Gasteiger partial charge in [-0.1, -0.05) is 0 Å². The van der Waals surface area contributed by atoms with Crippen molar-refractivity contribution in [3.8, 4) is 0 Å². The third-order valence-electron chi connectivity index (χ3n) is 2.80. The zero-order chi connectivity index (χ0) is 13.1. The lowest BCUT2D eigenvalue weighted by Gasteiger charge is -2.27. The normalized spacial score (nSPS) is 15.5. The van der Waals surface area contributed by atoms with Gasteiger partial charge in [-0.05, 0) is 6.07 Å². The first-order chi connectivity index (χ1) is 8.59. The summed E-state index contributed by atoms with van der Waals surface area (Å²) in [6.07, 6.45) is 0. The Morgan fingerprint density at radius 1 is 1.39 bits per heavy atom. The Morgan fingerprint density at radius 2 is 2.06 bits per heavy atom. The molecule has 96 valence electrons. The summed E-state index contributed by atoms with van der Waals surface area (Å²) in [5.41, 5.74) is -0.480. The molecule has 0 aromatic heterocycles. The summed E-state index contributed by atoms with van der Waals surface area (Å²) in [4.78, 5) is 23.3. The molecular weight excluding hydrogens is 241 g/mol. The molecular formula is C11H12FN3O3. The van der Waals surface area contributed by atoms with Gasteiger partial charge in [0.15, 0.2) is 0 Å². The van der Waals surface area contributed by atoms with E-state index < -0.39 is 16.6 Å². The highest BCUT2D eigenvalue weighted by Gasteiger charge is 2.22. The van der Waals surface area contributed by atoms with Crippen LogP contribution in [-0.2, 0) is 0 Å². The molecule has 0 radical (unpaired) electrons. The van der Waals surface area contributed by atoms with Crippen molar-refractivity contribution in [3.63, 3.8) is 0 Å². The number of nitro groups is 1. The first kappa shape index (κ1) is 12.4. The van der Waals surface area contributed by atoms with E-state index in [0.717, 1.165) is 18.2 Å². The van der Waals surface area contributed by atoms with Crippen molar-refractivity contribution in [2.24, 2.45) is 0 Å². The summed E-state index contributed by atoms with van der Waals surface area (Å²) in [7, 11) is 0. The fourth-order valence-electron chi connectivity index (χ4n) is 1.83. The van der Waals surface area contributed by atoms with Gasteiger partial charge in [-0.15, -0.1) is 0 Å². The van der Waals surface area contributed by atoms with Crippen molar-refractivity contribution in [2.75, 3.05) is 26.2 Å². The monoisotopic (exact) mass is 253 g/mol. The van der Waals surface area contributed by atoms with Gasteiger partial charge in [0, 0.05) is 32.2 Å². The third kappa shape index (κ3) is 2.45. The first-order valence-electron chi connectivity index (χ1n) is 5.53. The largest absolute Gasteiger partial charge is 0.336 e. The molecule has 1 N–H and O–H groups in total. The number of benzene rings is 1. The van der Waals surface area contributed by atoms with E-state index in [0.29, 0.717) is 26.2 Å². The Hall–Kier alpha value is -2.02. The van der Waals surface area contributed by atoms with Crippen LogP contribution < -0.4 is 5.32 Å². The number of nitrogens with zero attached hydrogens (tertiary/aromatic N) is 2. The van der Waals surface area contributed by atoms with E-state index >= 15 is 0 Å². The Bertz CT molecular complexity index is 486. The van der Waals surface area contributed by atoms with E-state index in [1.165, 1.54) is 4.90 Å². The summed E-state index contributed by atoms with van der Waals surface area (Å²) in [5.74, 6) is -1.28. The molecule has 1 amide bonds. The number of carbonyl (C=O) groups is 1. The summed E-state index contributed by atoms with van der Waals surface area (Å²) >= 11 is 0. The predicted octanol–water partition coefficient (Wildman–Crippen LogP) is 0.779. The van der Waals surface area contributed by atoms with Gasteiger partial charge in [0.05, 0.1) is 16.6 Å². The number of halogens is 1. The highest BCUT2D eigenvalue weighted by molar-refractivity contribution is 5.94. The smallest absolute Gasteiger partial charge is 0.272 e. The van der Waals surface area contributed by atoms with Gasteiger partial charge < -0.3 is 10.2 Å². The number of nitro benzene ring substituents is 1. The molecule has 1 fully saturated rings. The van der Waals surface area contributed by atoms with Gasteiger partial charge >= 0.3 is 0 Å². The second-order valence-electron chi connectivity index (χ2n) is 3.96. The average molecular weight is 253 g/mol. The molecule has 6 nitrogen and oxygen atoms in total. The van der Waals surface area contributed by atoms with Gasteiger partial charge in [0.2, 0.25) is 0 Å². The van der Waals surface area contributed by atoms with Crippen LogP contribution in [0.3, 0.4) is 0 Å². The van der Waals surface area contributed by atoms with Crippen LogP contribution in [0, 0.1) is 15.9 Å². The van der Waals surface area contributed by atoms with Gasteiger partial charge in [0.25, 0.3) is 11.6 Å². The minimum Gasteiger partial charge on any atom is -0.336 e. The molecule has 18 heavy (non-hydrogen) atoms. The van der Waals surface area contributed by atoms with Crippen LogP contribution in [0.4, 0.5) is 10.1 Å². The molecule has 0 spiro atoms. The van der Waals surface area contributed by atoms with E-state index in [1.54, 1.807) is 0 Å². The first-order valence-corrected chi connectivity index (χ1v) is 5.53. The summed E-state index contributed by atoms with van der Waals surface area (Å²) in [6.45, 7) is 2.35.